The summed E-state index contributed by atoms with van der Waals surface area (Å²) in [6.07, 6.45) is 9.67. The first-order valence-electron chi connectivity index (χ1n) is 10.8. The molecule has 4 heterocycles. The van der Waals surface area contributed by atoms with Crippen LogP contribution in [0.2, 0.25) is 0 Å². The van der Waals surface area contributed by atoms with Crippen molar-refractivity contribution in [2.75, 3.05) is 26.2 Å². The zero-order valence-corrected chi connectivity index (χ0v) is 16.8. The Morgan fingerprint density at radius 1 is 1.25 bits per heavy atom. The molecule has 1 aliphatic carbocycles. The molecule has 1 spiro atoms. The van der Waals surface area contributed by atoms with Gasteiger partial charge in [-0.25, -0.2) is 0 Å². The highest BCUT2D eigenvalue weighted by Crippen LogP contribution is 2.44. The molecule has 28 heavy (non-hydrogen) atoms. The van der Waals surface area contributed by atoms with E-state index in [1.165, 1.54) is 29.7 Å². The first-order chi connectivity index (χ1) is 13.7. The van der Waals surface area contributed by atoms with Gasteiger partial charge in [0.05, 0.1) is 6.20 Å². The molecule has 1 amide bonds. The number of H-pyrrole nitrogens is 1. The molecule has 1 unspecified atom stereocenters. The number of rotatable bonds is 4. The lowest BCUT2D eigenvalue weighted by molar-refractivity contribution is 0.0599. The van der Waals surface area contributed by atoms with Crippen LogP contribution in [-0.2, 0) is 24.8 Å². The number of nitrogens with one attached hydrogen (secondary N) is 1. The standard InChI is InChI=1S/C22H30N4O2/c1-2-18-17(14-25-9-3-4-10-25)12-19(28-18)21(27)26-11-5-7-22(15-26)8-6-16-13-23-24-20(16)22/h12-13H,2-11,14-15H2,1H3,(H,23,24). The molecule has 2 saturated heterocycles. The maximum atomic E-state index is 13.3. The summed E-state index contributed by atoms with van der Waals surface area (Å²) in [5.74, 6) is 1.54. The van der Waals surface area contributed by atoms with Gasteiger partial charge in [-0.2, -0.15) is 5.10 Å². The Kier molecular flexibility index (Phi) is 4.54. The number of nitrogens with zero attached hydrogens (tertiary/aromatic N) is 3. The minimum absolute atomic E-state index is 0.0504. The summed E-state index contributed by atoms with van der Waals surface area (Å²) in [4.78, 5) is 17.8. The van der Waals surface area contributed by atoms with Crippen molar-refractivity contribution < 1.29 is 9.21 Å². The van der Waals surface area contributed by atoms with Crippen LogP contribution in [0, 0.1) is 0 Å². The fourth-order valence-electron chi connectivity index (χ4n) is 5.51. The molecule has 0 bridgehead atoms. The maximum Gasteiger partial charge on any atom is 0.289 e. The Morgan fingerprint density at radius 2 is 2.11 bits per heavy atom. The molecule has 2 aliphatic heterocycles. The second-order valence-electron chi connectivity index (χ2n) is 8.78. The molecule has 5 rings (SSSR count). The molecular formula is C22H30N4O2. The average Bonchev–Trinajstić information content (AvgIpc) is 3.49. The van der Waals surface area contributed by atoms with Crippen LogP contribution in [0.15, 0.2) is 16.7 Å². The number of likely N-dealkylation sites (tertiary alicyclic amines) is 2. The van der Waals surface area contributed by atoms with E-state index >= 15 is 0 Å². The number of carbonyl (C=O) groups excluding carboxylic acids is 1. The molecule has 6 heteroatoms. The number of piperidine rings is 1. The molecule has 6 nitrogen and oxygen atoms in total. The van der Waals surface area contributed by atoms with Gasteiger partial charge >= 0.3 is 0 Å². The zero-order chi connectivity index (χ0) is 19.1. The summed E-state index contributed by atoms with van der Waals surface area (Å²) in [6, 6.07) is 2.01. The van der Waals surface area contributed by atoms with Gasteiger partial charge in [-0.1, -0.05) is 6.92 Å². The lowest BCUT2D eigenvalue weighted by atomic mass is 9.77. The third-order valence-corrected chi connectivity index (χ3v) is 7.01. The van der Waals surface area contributed by atoms with Crippen molar-refractivity contribution in [3.8, 4) is 0 Å². The molecule has 0 saturated carbocycles. The molecule has 0 aromatic carbocycles. The van der Waals surface area contributed by atoms with Crippen LogP contribution in [0.4, 0.5) is 0 Å². The maximum absolute atomic E-state index is 13.3. The van der Waals surface area contributed by atoms with Crippen LogP contribution >= 0.6 is 0 Å². The Hall–Kier alpha value is -2.08. The van der Waals surface area contributed by atoms with E-state index in [0.717, 1.165) is 70.6 Å². The zero-order valence-electron chi connectivity index (χ0n) is 16.8. The van der Waals surface area contributed by atoms with Crippen LogP contribution in [0.25, 0.3) is 0 Å². The molecule has 150 valence electrons. The van der Waals surface area contributed by atoms with Crippen molar-refractivity contribution in [2.24, 2.45) is 0 Å². The van der Waals surface area contributed by atoms with Crippen molar-refractivity contribution in [1.82, 2.24) is 20.0 Å². The second kappa shape index (κ2) is 7.07. The SMILES string of the molecule is CCc1oc(C(=O)N2CCCC3(CCc4cn[nH]c43)C2)cc1CN1CCCC1. The summed E-state index contributed by atoms with van der Waals surface area (Å²) in [5.41, 5.74) is 3.83. The van der Waals surface area contributed by atoms with Crippen molar-refractivity contribution in [2.45, 2.75) is 63.8 Å². The minimum atomic E-state index is 0.0504. The van der Waals surface area contributed by atoms with Gasteiger partial charge in [0.25, 0.3) is 5.91 Å². The highest BCUT2D eigenvalue weighted by Gasteiger charge is 2.45. The highest BCUT2D eigenvalue weighted by molar-refractivity contribution is 5.92. The number of hydrogen-bond donors (Lipinski definition) is 1. The largest absolute Gasteiger partial charge is 0.456 e. The van der Waals surface area contributed by atoms with Gasteiger partial charge in [0.15, 0.2) is 5.76 Å². The lowest BCUT2D eigenvalue weighted by Gasteiger charge is -2.40. The molecule has 2 aromatic rings. The Bertz CT molecular complexity index is 864. The van der Waals surface area contributed by atoms with E-state index in [9.17, 15) is 4.79 Å². The third-order valence-electron chi connectivity index (χ3n) is 7.01. The average molecular weight is 383 g/mol. The number of aromatic nitrogens is 2. The number of aryl methyl sites for hydroxylation is 2. The number of aromatic amines is 1. The highest BCUT2D eigenvalue weighted by atomic mass is 16.4. The van der Waals surface area contributed by atoms with E-state index in [0.29, 0.717) is 5.76 Å². The number of carbonyl (C=O) groups is 1. The number of fused-ring (bicyclic) bond motifs is 2. The smallest absolute Gasteiger partial charge is 0.289 e. The fraction of sp³-hybridized carbons (Fsp3) is 0.636. The van der Waals surface area contributed by atoms with Gasteiger partial charge in [0.2, 0.25) is 0 Å². The third kappa shape index (κ3) is 2.98. The summed E-state index contributed by atoms with van der Waals surface area (Å²) in [7, 11) is 0. The molecule has 0 radical (unpaired) electrons. The van der Waals surface area contributed by atoms with Gasteiger partial charge in [0, 0.05) is 42.7 Å². The van der Waals surface area contributed by atoms with Crippen molar-refractivity contribution in [1.29, 1.82) is 0 Å². The van der Waals surface area contributed by atoms with Gasteiger partial charge in [0.1, 0.15) is 5.76 Å². The van der Waals surface area contributed by atoms with E-state index in [2.05, 4.69) is 22.0 Å². The van der Waals surface area contributed by atoms with Crippen molar-refractivity contribution in [3.05, 3.63) is 40.6 Å². The predicted octanol–water partition coefficient (Wildman–Crippen LogP) is 3.28. The predicted molar refractivity (Wildman–Crippen MR) is 106 cm³/mol. The summed E-state index contributed by atoms with van der Waals surface area (Å²) in [6.45, 7) is 6.89. The summed E-state index contributed by atoms with van der Waals surface area (Å²) < 4.78 is 6.06. The van der Waals surface area contributed by atoms with Crippen LogP contribution in [0.3, 0.4) is 0 Å². The molecular weight excluding hydrogens is 352 g/mol. The molecule has 3 aliphatic rings. The van der Waals surface area contributed by atoms with Crippen molar-refractivity contribution >= 4 is 5.91 Å². The van der Waals surface area contributed by atoms with Crippen LogP contribution in [-0.4, -0.2) is 52.1 Å². The Balaban J connectivity index is 1.35. The van der Waals surface area contributed by atoms with E-state index in [1.54, 1.807) is 0 Å². The van der Waals surface area contributed by atoms with Crippen LogP contribution < -0.4 is 0 Å². The van der Waals surface area contributed by atoms with E-state index < -0.39 is 0 Å². The number of hydrogen-bond acceptors (Lipinski definition) is 4. The Labute approximate surface area is 166 Å². The normalized spacial score (nSPS) is 25.0. The van der Waals surface area contributed by atoms with Crippen LogP contribution in [0.1, 0.15) is 72.2 Å². The number of furan rings is 1. The minimum Gasteiger partial charge on any atom is -0.456 e. The summed E-state index contributed by atoms with van der Waals surface area (Å²) in [5, 5.41) is 7.47. The first kappa shape index (κ1) is 18.0. The van der Waals surface area contributed by atoms with Gasteiger partial charge in [-0.3, -0.25) is 14.8 Å². The van der Waals surface area contributed by atoms with Crippen LogP contribution in [0.5, 0.6) is 0 Å². The first-order valence-corrected chi connectivity index (χ1v) is 10.8. The molecule has 2 aromatic heterocycles. The molecule has 2 fully saturated rings. The van der Waals surface area contributed by atoms with Gasteiger partial charge in [-0.15, -0.1) is 0 Å². The molecule has 1 N–H and O–H groups in total. The van der Waals surface area contributed by atoms with Crippen molar-refractivity contribution in [3.63, 3.8) is 0 Å². The molecule has 1 atom stereocenters. The monoisotopic (exact) mass is 382 g/mol. The fourth-order valence-corrected chi connectivity index (χ4v) is 5.51. The van der Waals surface area contributed by atoms with E-state index in [-0.39, 0.29) is 11.3 Å². The topological polar surface area (TPSA) is 65.4 Å². The lowest BCUT2D eigenvalue weighted by Crippen LogP contribution is -2.47. The second-order valence-corrected chi connectivity index (χ2v) is 8.78. The van der Waals surface area contributed by atoms with E-state index in [1.807, 2.05) is 17.2 Å². The Morgan fingerprint density at radius 3 is 2.93 bits per heavy atom. The summed E-state index contributed by atoms with van der Waals surface area (Å²) >= 11 is 0. The van der Waals surface area contributed by atoms with Gasteiger partial charge < -0.3 is 9.32 Å². The quantitative estimate of drug-likeness (QED) is 0.881. The van der Waals surface area contributed by atoms with Gasteiger partial charge in [-0.05, 0) is 63.2 Å². The number of amides is 1. The van der Waals surface area contributed by atoms with E-state index in [4.69, 9.17) is 4.42 Å².